The summed E-state index contributed by atoms with van der Waals surface area (Å²) in [6.45, 7) is 1.42. The summed E-state index contributed by atoms with van der Waals surface area (Å²) in [5.41, 5.74) is 2.51. The molecule has 0 aliphatic carbocycles. The molecule has 1 aromatic heterocycles. The van der Waals surface area contributed by atoms with Gasteiger partial charge in [-0.1, -0.05) is 30.3 Å². The van der Waals surface area contributed by atoms with Gasteiger partial charge in [0.2, 0.25) is 0 Å². The highest BCUT2D eigenvalue weighted by atomic mass is 32.1. The van der Waals surface area contributed by atoms with E-state index >= 15 is 0 Å². The van der Waals surface area contributed by atoms with Gasteiger partial charge in [0.1, 0.15) is 0 Å². The van der Waals surface area contributed by atoms with Gasteiger partial charge in [0.25, 0.3) is 5.91 Å². The van der Waals surface area contributed by atoms with Crippen LogP contribution in [-0.4, -0.2) is 35.5 Å². The largest absolute Gasteiger partial charge is 0.460 e. The number of halogens is 7. The molecule has 5 nitrogen and oxygen atoms in total. The molecule has 0 unspecified atom stereocenters. The van der Waals surface area contributed by atoms with Crippen molar-refractivity contribution in [1.82, 2.24) is 5.43 Å². The van der Waals surface area contributed by atoms with Crippen LogP contribution < -0.4 is 10.7 Å². The maximum atomic E-state index is 13.5. The van der Waals surface area contributed by atoms with Gasteiger partial charge in [0.05, 0.1) is 11.3 Å². The lowest BCUT2D eigenvalue weighted by atomic mass is 10.1. The van der Waals surface area contributed by atoms with Crippen molar-refractivity contribution in [3.8, 4) is 0 Å². The van der Waals surface area contributed by atoms with Crippen molar-refractivity contribution < 1.29 is 40.3 Å². The fraction of sp³-hybridized carbons (Fsp3) is 0.190. The van der Waals surface area contributed by atoms with Crippen molar-refractivity contribution in [2.75, 3.05) is 5.32 Å². The molecule has 0 bridgehead atoms. The smallest absolute Gasteiger partial charge is 0.321 e. The molecule has 2 aromatic carbocycles. The predicted molar refractivity (Wildman–Crippen MR) is 113 cm³/mol. The monoisotopic (exact) mass is 505 g/mol. The first kappa shape index (κ1) is 25.1. The molecule has 1 heterocycles. The molecule has 13 heteroatoms. The van der Waals surface area contributed by atoms with Gasteiger partial charge in [-0.15, -0.1) is 11.3 Å². The van der Waals surface area contributed by atoms with Crippen LogP contribution in [0.3, 0.4) is 0 Å². The first-order valence-corrected chi connectivity index (χ1v) is 10.2. The Morgan fingerprint density at radius 2 is 1.62 bits per heavy atom. The number of carbonyl (C=O) groups excluding carboxylic acids is 2. The summed E-state index contributed by atoms with van der Waals surface area (Å²) < 4.78 is 90.9. The molecule has 0 fully saturated rings. The quantitative estimate of drug-likeness (QED) is 0.252. The minimum Gasteiger partial charge on any atom is -0.321 e. The van der Waals surface area contributed by atoms with Crippen LogP contribution in [0.5, 0.6) is 0 Å². The number of hydrogen-bond acceptors (Lipinski definition) is 4. The Hall–Kier alpha value is -3.48. The van der Waals surface area contributed by atoms with E-state index in [0.29, 0.717) is 10.9 Å². The average molecular weight is 505 g/mol. The summed E-state index contributed by atoms with van der Waals surface area (Å²) in [7, 11) is 0. The van der Waals surface area contributed by atoms with E-state index in [-0.39, 0.29) is 11.3 Å². The first-order chi connectivity index (χ1) is 15.8. The van der Waals surface area contributed by atoms with Crippen molar-refractivity contribution in [2.24, 2.45) is 5.10 Å². The highest BCUT2D eigenvalue weighted by Crippen LogP contribution is 2.46. The topological polar surface area (TPSA) is 70.6 Å². The number of anilines is 1. The molecule has 34 heavy (non-hydrogen) atoms. The fourth-order valence-electron chi connectivity index (χ4n) is 2.77. The summed E-state index contributed by atoms with van der Waals surface area (Å²) in [6.07, 6.45) is -6.63. The van der Waals surface area contributed by atoms with Gasteiger partial charge >= 0.3 is 23.9 Å². The van der Waals surface area contributed by atoms with E-state index in [1.54, 1.807) is 17.5 Å². The number of alkyl halides is 7. The fourth-order valence-corrected chi connectivity index (χ4v) is 3.71. The van der Waals surface area contributed by atoms with Crippen molar-refractivity contribution in [3.63, 3.8) is 0 Å². The predicted octanol–water partition coefficient (Wildman–Crippen LogP) is 5.83. The minimum absolute atomic E-state index is 0.136. The van der Waals surface area contributed by atoms with Crippen LogP contribution in [0.25, 0.3) is 10.1 Å². The number of hydrogen-bond donors (Lipinski definition) is 2. The number of carbonyl (C=O) groups is 2. The van der Waals surface area contributed by atoms with E-state index in [2.05, 4.69) is 10.5 Å². The third-order valence-electron chi connectivity index (χ3n) is 4.62. The van der Waals surface area contributed by atoms with Crippen molar-refractivity contribution in [3.05, 3.63) is 65.0 Å². The van der Waals surface area contributed by atoms with E-state index in [1.165, 1.54) is 35.7 Å². The highest BCUT2D eigenvalue weighted by Gasteiger charge is 2.76. The second-order valence-corrected chi connectivity index (χ2v) is 7.88. The van der Waals surface area contributed by atoms with E-state index in [9.17, 15) is 40.3 Å². The molecule has 0 aliphatic rings. The summed E-state index contributed by atoms with van der Waals surface area (Å²) in [5, 5.41) is 7.59. The van der Waals surface area contributed by atoms with Gasteiger partial charge in [-0.2, -0.15) is 35.8 Å². The standard InChI is InChI=1S/C21H14F7N3O2S/c1-11(30-31-17(32)15-10-34-16-8-3-2-7-14(15)16)12-5-4-6-13(9-12)29-18(33)19(22,23)20(24,25)21(26,27)28/h2-10H,1H3,(H,29,33)(H,31,32)/b30-11-. The van der Waals surface area contributed by atoms with Gasteiger partial charge in [-0.25, -0.2) is 5.43 Å². The number of amides is 2. The van der Waals surface area contributed by atoms with Crippen molar-refractivity contribution in [1.29, 1.82) is 0 Å². The molecule has 0 saturated carbocycles. The molecule has 2 N–H and O–H groups in total. The van der Waals surface area contributed by atoms with Crippen molar-refractivity contribution >= 4 is 44.6 Å². The summed E-state index contributed by atoms with van der Waals surface area (Å²) in [6, 6.07) is 11.8. The maximum absolute atomic E-state index is 13.5. The number of fused-ring (bicyclic) bond motifs is 1. The van der Waals surface area contributed by atoms with Gasteiger partial charge < -0.3 is 5.32 Å². The van der Waals surface area contributed by atoms with E-state index in [0.717, 1.165) is 16.8 Å². The number of nitrogens with zero attached hydrogens (tertiary/aromatic N) is 1. The van der Waals surface area contributed by atoms with Crippen LogP contribution in [0.2, 0.25) is 0 Å². The molecule has 3 rings (SSSR count). The number of hydrazone groups is 1. The van der Waals surface area contributed by atoms with Crippen LogP contribution in [0, 0.1) is 0 Å². The molecule has 0 atom stereocenters. The number of thiophene rings is 1. The Kier molecular flexibility index (Phi) is 6.69. The Balaban J connectivity index is 1.75. The average Bonchev–Trinajstić information content (AvgIpc) is 3.20. The van der Waals surface area contributed by atoms with Crippen LogP contribution >= 0.6 is 11.3 Å². The Bertz CT molecular complexity index is 1270. The number of nitrogens with one attached hydrogen (secondary N) is 2. The Morgan fingerprint density at radius 1 is 0.941 bits per heavy atom. The molecular formula is C21H14F7N3O2S. The minimum atomic E-state index is -6.63. The number of rotatable bonds is 6. The lowest BCUT2D eigenvalue weighted by Crippen LogP contribution is -2.57. The molecule has 2 amide bonds. The Morgan fingerprint density at radius 3 is 2.29 bits per heavy atom. The summed E-state index contributed by atoms with van der Waals surface area (Å²) in [4.78, 5) is 24.0. The highest BCUT2D eigenvalue weighted by molar-refractivity contribution is 7.17. The molecule has 3 aromatic rings. The van der Waals surface area contributed by atoms with Crippen molar-refractivity contribution in [2.45, 2.75) is 24.9 Å². The lowest BCUT2D eigenvalue weighted by molar-refractivity contribution is -0.343. The zero-order chi connectivity index (χ0) is 25.3. The molecule has 0 saturated heterocycles. The zero-order valence-corrected chi connectivity index (χ0v) is 17.8. The second-order valence-electron chi connectivity index (χ2n) is 6.97. The van der Waals surface area contributed by atoms with Crippen LogP contribution in [0.15, 0.2) is 59.0 Å². The molecule has 180 valence electrons. The van der Waals surface area contributed by atoms with Gasteiger partial charge in [-0.3, -0.25) is 9.59 Å². The molecule has 0 spiro atoms. The summed E-state index contributed by atoms with van der Waals surface area (Å²) in [5.74, 6) is -16.0. The molecule has 0 aliphatic heterocycles. The van der Waals surface area contributed by atoms with Gasteiger partial charge in [0, 0.05) is 21.2 Å². The lowest BCUT2D eigenvalue weighted by Gasteiger charge is -2.27. The third kappa shape index (κ3) is 4.74. The van der Waals surface area contributed by atoms with E-state index in [4.69, 9.17) is 0 Å². The number of benzene rings is 2. The zero-order valence-electron chi connectivity index (χ0n) is 17.0. The van der Waals surface area contributed by atoms with Gasteiger partial charge in [0.15, 0.2) is 0 Å². The first-order valence-electron chi connectivity index (χ1n) is 9.31. The third-order valence-corrected chi connectivity index (χ3v) is 5.59. The molecular weight excluding hydrogens is 491 g/mol. The summed E-state index contributed by atoms with van der Waals surface area (Å²) >= 11 is 1.35. The van der Waals surface area contributed by atoms with Crippen LogP contribution in [0.1, 0.15) is 22.8 Å². The normalized spacial score (nSPS) is 13.1. The van der Waals surface area contributed by atoms with Crippen LogP contribution in [-0.2, 0) is 4.79 Å². The SMILES string of the molecule is C/C(=N/NC(=O)c1csc2ccccc12)c1cccc(NC(=O)C(F)(F)C(F)(F)C(F)(F)F)c1. The Labute approximate surface area is 191 Å². The van der Waals surface area contributed by atoms with E-state index in [1.807, 2.05) is 12.1 Å². The molecule has 0 radical (unpaired) electrons. The maximum Gasteiger partial charge on any atom is 0.460 e. The van der Waals surface area contributed by atoms with Crippen LogP contribution in [0.4, 0.5) is 36.4 Å². The van der Waals surface area contributed by atoms with E-state index < -0.39 is 35.5 Å². The van der Waals surface area contributed by atoms with Gasteiger partial charge in [-0.05, 0) is 30.7 Å². The second kappa shape index (κ2) is 9.05.